The SMILES string of the molecule is CCN(CC)c1ccc(-c2csc(NC(=O)Cc3cncc4[nH]c(=O)n(C)c(=O)c34)n2)cc1. The Morgan fingerprint density at radius 1 is 1.15 bits per heavy atom. The first kappa shape index (κ1) is 22.4. The highest BCUT2D eigenvalue weighted by Gasteiger charge is 2.15. The van der Waals surface area contributed by atoms with Crippen molar-refractivity contribution in [2.75, 3.05) is 23.3 Å². The van der Waals surface area contributed by atoms with Crippen LogP contribution in [0.5, 0.6) is 0 Å². The number of fused-ring (bicyclic) bond motifs is 1. The van der Waals surface area contributed by atoms with Crippen LogP contribution in [0.2, 0.25) is 0 Å². The van der Waals surface area contributed by atoms with Gasteiger partial charge in [-0.15, -0.1) is 11.3 Å². The van der Waals surface area contributed by atoms with E-state index in [2.05, 4.69) is 51.1 Å². The molecule has 0 spiro atoms. The summed E-state index contributed by atoms with van der Waals surface area (Å²) in [5.41, 5.74) is 2.64. The van der Waals surface area contributed by atoms with Crippen LogP contribution >= 0.6 is 11.3 Å². The van der Waals surface area contributed by atoms with Crippen LogP contribution in [-0.4, -0.2) is 38.5 Å². The topological polar surface area (TPSA) is 113 Å². The van der Waals surface area contributed by atoms with Gasteiger partial charge in [0.05, 0.1) is 29.2 Å². The number of amides is 1. The van der Waals surface area contributed by atoms with E-state index in [9.17, 15) is 14.4 Å². The summed E-state index contributed by atoms with van der Waals surface area (Å²) >= 11 is 1.33. The molecule has 3 aromatic heterocycles. The first-order valence-electron chi connectivity index (χ1n) is 10.6. The molecule has 0 saturated carbocycles. The zero-order valence-electron chi connectivity index (χ0n) is 18.6. The number of nitrogens with one attached hydrogen (secondary N) is 2. The van der Waals surface area contributed by atoms with Crippen LogP contribution < -0.4 is 21.5 Å². The van der Waals surface area contributed by atoms with Gasteiger partial charge in [0, 0.05) is 43.0 Å². The molecule has 9 nitrogen and oxygen atoms in total. The summed E-state index contributed by atoms with van der Waals surface area (Å²) < 4.78 is 0.975. The van der Waals surface area contributed by atoms with Gasteiger partial charge in [0.2, 0.25) is 5.91 Å². The van der Waals surface area contributed by atoms with E-state index in [0.717, 1.165) is 34.6 Å². The van der Waals surface area contributed by atoms with Gasteiger partial charge < -0.3 is 15.2 Å². The van der Waals surface area contributed by atoms with Crippen LogP contribution in [0.3, 0.4) is 0 Å². The average Bonchev–Trinajstić information content (AvgIpc) is 3.27. The molecule has 0 unspecified atom stereocenters. The standard InChI is InChI=1S/C23H24N6O3S/c1-4-29(5-2)16-8-6-14(7-9-16)18-13-33-22(25-18)27-19(30)10-15-11-24-12-17-20(15)21(31)28(3)23(32)26-17/h6-9,11-13H,4-5,10H2,1-3H3,(H,26,32)(H,25,27,30). The molecule has 1 amide bonds. The van der Waals surface area contributed by atoms with Gasteiger partial charge in [-0.05, 0) is 31.5 Å². The maximum Gasteiger partial charge on any atom is 0.328 e. The molecule has 0 bridgehead atoms. The van der Waals surface area contributed by atoms with E-state index < -0.39 is 11.2 Å². The largest absolute Gasteiger partial charge is 0.372 e. The first-order chi connectivity index (χ1) is 15.9. The smallest absolute Gasteiger partial charge is 0.328 e. The quantitative estimate of drug-likeness (QED) is 0.435. The number of nitrogens with zero attached hydrogens (tertiary/aromatic N) is 4. The molecule has 4 aromatic rings. The monoisotopic (exact) mass is 464 g/mol. The van der Waals surface area contributed by atoms with Gasteiger partial charge in [-0.25, -0.2) is 9.78 Å². The van der Waals surface area contributed by atoms with Crippen molar-refractivity contribution in [2.45, 2.75) is 20.3 Å². The molecular weight excluding hydrogens is 440 g/mol. The minimum Gasteiger partial charge on any atom is -0.372 e. The number of hydrogen-bond donors (Lipinski definition) is 2. The Kier molecular flexibility index (Phi) is 6.36. The third kappa shape index (κ3) is 4.56. The number of pyridine rings is 1. The average molecular weight is 465 g/mol. The Balaban J connectivity index is 1.50. The van der Waals surface area contributed by atoms with Crippen molar-refractivity contribution >= 4 is 39.0 Å². The lowest BCUT2D eigenvalue weighted by molar-refractivity contribution is -0.115. The number of carbonyl (C=O) groups is 1. The molecule has 0 saturated heterocycles. The zero-order chi connectivity index (χ0) is 23.5. The van der Waals surface area contributed by atoms with E-state index in [4.69, 9.17) is 0 Å². The summed E-state index contributed by atoms with van der Waals surface area (Å²) in [7, 11) is 1.39. The minimum absolute atomic E-state index is 0.0703. The van der Waals surface area contributed by atoms with E-state index in [1.807, 2.05) is 17.5 Å². The highest BCUT2D eigenvalue weighted by atomic mass is 32.1. The van der Waals surface area contributed by atoms with Crippen LogP contribution in [-0.2, 0) is 18.3 Å². The number of hydrogen-bond acceptors (Lipinski definition) is 7. The summed E-state index contributed by atoms with van der Waals surface area (Å²) in [6.45, 7) is 6.13. The molecule has 0 atom stereocenters. The third-order valence-corrected chi connectivity index (χ3v) is 6.24. The van der Waals surface area contributed by atoms with Gasteiger partial charge in [-0.3, -0.25) is 19.1 Å². The van der Waals surface area contributed by atoms with Crippen molar-refractivity contribution < 1.29 is 4.79 Å². The van der Waals surface area contributed by atoms with Gasteiger partial charge in [-0.2, -0.15) is 0 Å². The van der Waals surface area contributed by atoms with Crippen molar-refractivity contribution in [3.63, 3.8) is 0 Å². The number of aromatic nitrogens is 4. The van der Waals surface area contributed by atoms with E-state index in [1.54, 1.807) is 0 Å². The maximum atomic E-state index is 12.7. The number of anilines is 2. The normalized spacial score (nSPS) is 11.0. The second-order valence-electron chi connectivity index (χ2n) is 7.50. The molecule has 33 heavy (non-hydrogen) atoms. The molecule has 0 aliphatic heterocycles. The van der Waals surface area contributed by atoms with Crippen LogP contribution in [0.15, 0.2) is 51.6 Å². The van der Waals surface area contributed by atoms with Gasteiger partial charge >= 0.3 is 5.69 Å². The van der Waals surface area contributed by atoms with E-state index in [0.29, 0.717) is 16.2 Å². The Bertz CT molecular complexity index is 1420. The molecule has 4 rings (SSSR count). The van der Waals surface area contributed by atoms with Crippen molar-refractivity contribution in [1.29, 1.82) is 0 Å². The number of carbonyl (C=O) groups excluding carboxylic acids is 1. The lowest BCUT2D eigenvalue weighted by atomic mass is 10.1. The predicted octanol–water partition coefficient (Wildman–Crippen LogP) is 2.77. The van der Waals surface area contributed by atoms with Gasteiger partial charge in [0.1, 0.15) is 0 Å². The lowest BCUT2D eigenvalue weighted by Crippen LogP contribution is -2.33. The van der Waals surface area contributed by atoms with E-state index in [1.165, 1.54) is 30.8 Å². The summed E-state index contributed by atoms with van der Waals surface area (Å²) in [6, 6.07) is 8.18. The molecule has 0 radical (unpaired) electrons. The molecule has 10 heteroatoms. The van der Waals surface area contributed by atoms with Gasteiger partial charge in [-0.1, -0.05) is 12.1 Å². The van der Waals surface area contributed by atoms with Crippen LogP contribution in [0.4, 0.5) is 10.8 Å². The minimum atomic E-state index is -0.531. The summed E-state index contributed by atoms with van der Waals surface area (Å²) in [4.78, 5) is 50.5. The van der Waals surface area contributed by atoms with Crippen LogP contribution in [0.1, 0.15) is 19.4 Å². The predicted molar refractivity (Wildman–Crippen MR) is 131 cm³/mol. The fraction of sp³-hybridized carbons (Fsp3) is 0.261. The Labute approximate surface area is 193 Å². The number of H-pyrrole nitrogens is 1. The molecule has 170 valence electrons. The van der Waals surface area contributed by atoms with Crippen molar-refractivity contribution in [1.82, 2.24) is 19.5 Å². The lowest BCUT2D eigenvalue weighted by Gasteiger charge is -2.20. The Hall–Kier alpha value is -3.79. The van der Waals surface area contributed by atoms with Crippen LogP contribution in [0.25, 0.3) is 22.2 Å². The summed E-state index contributed by atoms with van der Waals surface area (Å²) in [6.07, 6.45) is 2.80. The van der Waals surface area contributed by atoms with Crippen molar-refractivity contribution in [2.24, 2.45) is 7.05 Å². The van der Waals surface area contributed by atoms with E-state index in [-0.39, 0.29) is 17.7 Å². The number of benzene rings is 1. The highest BCUT2D eigenvalue weighted by Crippen LogP contribution is 2.27. The molecule has 3 heterocycles. The van der Waals surface area contributed by atoms with Crippen molar-refractivity contribution in [3.8, 4) is 11.3 Å². The highest BCUT2D eigenvalue weighted by molar-refractivity contribution is 7.14. The number of aromatic amines is 1. The van der Waals surface area contributed by atoms with Crippen LogP contribution in [0, 0.1) is 0 Å². The fourth-order valence-corrected chi connectivity index (χ4v) is 4.41. The zero-order valence-corrected chi connectivity index (χ0v) is 19.4. The van der Waals surface area contributed by atoms with Gasteiger partial charge in [0.25, 0.3) is 5.56 Å². The fourth-order valence-electron chi connectivity index (χ4n) is 3.68. The molecule has 0 aliphatic rings. The van der Waals surface area contributed by atoms with Crippen molar-refractivity contribution in [3.05, 3.63) is 68.4 Å². The molecule has 0 fully saturated rings. The Morgan fingerprint density at radius 3 is 2.58 bits per heavy atom. The van der Waals surface area contributed by atoms with E-state index >= 15 is 0 Å². The summed E-state index contributed by atoms with van der Waals surface area (Å²) in [5, 5.41) is 5.42. The maximum absolute atomic E-state index is 12.7. The molecule has 0 aliphatic carbocycles. The number of rotatable bonds is 7. The third-order valence-electron chi connectivity index (χ3n) is 5.48. The molecular formula is C23H24N6O3S. The Morgan fingerprint density at radius 2 is 1.88 bits per heavy atom. The second kappa shape index (κ2) is 9.37. The number of thiazole rings is 1. The first-order valence-corrected chi connectivity index (χ1v) is 11.5. The molecule has 2 N–H and O–H groups in total. The second-order valence-corrected chi connectivity index (χ2v) is 8.36. The van der Waals surface area contributed by atoms with Gasteiger partial charge in [0.15, 0.2) is 5.13 Å². The molecule has 1 aromatic carbocycles. The summed E-state index contributed by atoms with van der Waals surface area (Å²) in [5.74, 6) is -0.324.